The minimum absolute atomic E-state index is 0.0649. The molecule has 0 aromatic rings. The van der Waals surface area contributed by atoms with E-state index in [-0.39, 0.29) is 18.5 Å². The molecule has 1 heterocycles. The van der Waals surface area contributed by atoms with Crippen molar-refractivity contribution in [1.29, 1.82) is 0 Å². The van der Waals surface area contributed by atoms with E-state index >= 15 is 0 Å². The summed E-state index contributed by atoms with van der Waals surface area (Å²) in [4.78, 5) is 35.5. The smallest absolute Gasteiger partial charge is 0.317 e. The summed E-state index contributed by atoms with van der Waals surface area (Å²) in [5, 5.41) is 11.7. The molecule has 1 saturated heterocycles. The number of carbonyl (C=O) groups is 3. The molecule has 2 unspecified atom stereocenters. The lowest BCUT2D eigenvalue weighted by atomic mass is 9.88. The summed E-state index contributed by atoms with van der Waals surface area (Å²) in [5.41, 5.74) is 4.22. The Hall–Kier alpha value is -1.79. The lowest BCUT2D eigenvalue weighted by molar-refractivity contribution is -0.147. The van der Waals surface area contributed by atoms with Crippen molar-refractivity contribution in [2.24, 2.45) is 17.1 Å². The van der Waals surface area contributed by atoms with E-state index in [1.165, 1.54) is 4.90 Å². The quantitative estimate of drug-likeness (QED) is 0.653. The van der Waals surface area contributed by atoms with E-state index in [4.69, 9.17) is 10.8 Å². The van der Waals surface area contributed by atoms with Crippen molar-refractivity contribution >= 4 is 17.9 Å². The number of carboxylic acids is 1. The number of urea groups is 1. The van der Waals surface area contributed by atoms with Crippen LogP contribution in [0.5, 0.6) is 0 Å². The standard InChI is InChI=1S/C12H21N3O4/c1-3-12(2,10(17)18)7-14-11(19)15-5-4-8(6-15)9(13)16/h8H,3-7H2,1-2H3,(H2,13,16)(H,14,19)(H,17,18). The number of amides is 3. The van der Waals surface area contributed by atoms with Gasteiger partial charge in [-0.2, -0.15) is 0 Å². The average Bonchev–Trinajstić information content (AvgIpc) is 2.85. The van der Waals surface area contributed by atoms with Crippen LogP contribution >= 0.6 is 0 Å². The van der Waals surface area contributed by atoms with Gasteiger partial charge in [-0.3, -0.25) is 9.59 Å². The van der Waals surface area contributed by atoms with Gasteiger partial charge in [-0.05, 0) is 19.8 Å². The monoisotopic (exact) mass is 271 g/mol. The van der Waals surface area contributed by atoms with E-state index in [1.54, 1.807) is 13.8 Å². The third-order valence-corrected chi connectivity index (χ3v) is 3.80. The van der Waals surface area contributed by atoms with Gasteiger partial charge in [-0.15, -0.1) is 0 Å². The number of carboxylic acid groups (broad SMARTS) is 1. The summed E-state index contributed by atoms with van der Waals surface area (Å²) in [6, 6.07) is -0.343. The second kappa shape index (κ2) is 5.90. The third kappa shape index (κ3) is 3.59. The number of likely N-dealkylation sites (tertiary alicyclic amines) is 1. The molecule has 1 rings (SSSR count). The summed E-state index contributed by atoms with van der Waals surface area (Å²) in [6.45, 7) is 4.19. The van der Waals surface area contributed by atoms with Crippen LogP contribution in [0.1, 0.15) is 26.7 Å². The van der Waals surface area contributed by atoms with Crippen LogP contribution in [0.3, 0.4) is 0 Å². The summed E-state index contributed by atoms with van der Waals surface area (Å²) in [5.74, 6) is -1.64. The molecule has 4 N–H and O–H groups in total. The molecule has 0 radical (unpaired) electrons. The maximum absolute atomic E-state index is 11.9. The maximum Gasteiger partial charge on any atom is 0.317 e. The maximum atomic E-state index is 11.9. The van der Waals surface area contributed by atoms with Crippen molar-refractivity contribution in [1.82, 2.24) is 10.2 Å². The second-order valence-electron chi connectivity index (χ2n) is 5.21. The summed E-state index contributed by atoms with van der Waals surface area (Å²) >= 11 is 0. The van der Waals surface area contributed by atoms with Crippen molar-refractivity contribution in [2.75, 3.05) is 19.6 Å². The van der Waals surface area contributed by atoms with Crippen LogP contribution in [0, 0.1) is 11.3 Å². The number of hydrogen-bond donors (Lipinski definition) is 3. The molecule has 108 valence electrons. The molecule has 0 aromatic heterocycles. The number of aliphatic carboxylic acids is 1. The fourth-order valence-corrected chi connectivity index (χ4v) is 1.91. The van der Waals surface area contributed by atoms with Gasteiger partial charge in [-0.25, -0.2) is 4.79 Å². The zero-order chi connectivity index (χ0) is 14.6. The first-order valence-electron chi connectivity index (χ1n) is 6.35. The number of hydrogen-bond acceptors (Lipinski definition) is 3. The molecule has 19 heavy (non-hydrogen) atoms. The molecule has 3 amide bonds. The topological polar surface area (TPSA) is 113 Å². The molecule has 0 aliphatic carbocycles. The summed E-state index contributed by atoms with van der Waals surface area (Å²) < 4.78 is 0. The molecule has 7 heteroatoms. The Labute approximate surface area is 112 Å². The van der Waals surface area contributed by atoms with Crippen molar-refractivity contribution in [3.63, 3.8) is 0 Å². The number of nitrogens with one attached hydrogen (secondary N) is 1. The van der Waals surface area contributed by atoms with Gasteiger partial charge in [0.2, 0.25) is 5.91 Å². The van der Waals surface area contributed by atoms with Crippen LogP contribution in [0.4, 0.5) is 4.79 Å². The highest BCUT2D eigenvalue weighted by molar-refractivity contribution is 5.81. The Kier molecular flexibility index (Phi) is 4.74. The summed E-state index contributed by atoms with van der Waals surface area (Å²) in [7, 11) is 0. The van der Waals surface area contributed by atoms with Crippen LogP contribution in [0.2, 0.25) is 0 Å². The lowest BCUT2D eigenvalue weighted by Crippen LogP contribution is -2.46. The van der Waals surface area contributed by atoms with Crippen LogP contribution in [-0.2, 0) is 9.59 Å². The Morgan fingerprint density at radius 2 is 2.11 bits per heavy atom. The van der Waals surface area contributed by atoms with E-state index in [1.807, 2.05) is 0 Å². The first kappa shape index (κ1) is 15.3. The number of nitrogens with zero attached hydrogens (tertiary/aromatic N) is 1. The first-order valence-corrected chi connectivity index (χ1v) is 6.35. The Balaban J connectivity index is 2.49. The Morgan fingerprint density at radius 3 is 2.53 bits per heavy atom. The molecule has 0 saturated carbocycles. The van der Waals surface area contributed by atoms with Crippen LogP contribution in [0.15, 0.2) is 0 Å². The SMILES string of the molecule is CCC(C)(CNC(=O)N1CCC(C(N)=O)C1)C(=O)O. The van der Waals surface area contributed by atoms with E-state index < -0.39 is 17.3 Å². The minimum Gasteiger partial charge on any atom is -0.481 e. The van der Waals surface area contributed by atoms with E-state index in [0.717, 1.165) is 0 Å². The van der Waals surface area contributed by atoms with Crippen molar-refractivity contribution in [3.05, 3.63) is 0 Å². The zero-order valence-electron chi connectivity index (χ0n) is 11.3. The molecular formula is C12H21N3O4. The first-order chi connectivity index (χ1) is 8.80. The molecule has 0 aromatic carbocycles. The number of primary amides is 1. The van der Waals surface area contributed by atoms with Crippen LogP contribution in [-0.4, -0.2) is 47.5 Å². The summed E-state index contributed by atoms with van der Waals surface area (Å²) in [6.07, 6.45) is 0.985. The second-order valence-corrected chi connectivity index (χ2v) is 5.21. The van der Waals surface area contributed by atoms with Crippen LogP contribution < -0.4 is 11.1 Å². The van der Waals surface area contributed by atoms with Gasteiger partial charge in [0.15, 0.2) is 0 Å². The highest BCUT2D eigenvalue weighted by Crippen LogP contribution is 2.21. The van der Waals surface area contributed by atoms with Gasteiger partial charge < -0.3 is 21.1 Å². The third-order valence-electron chi connectivity index (χ3n) is 3.80. The molecule has 2 atom stereocenters. The van der Waals surface area contributed by atoms with Gasteiger partial charge >= 0.3 is 12.0 Å². The van der Waals surface area contributed by atoms with Gasteiger partial charge in [0.1, 0.15) is 0 Å². The molecule has 0 spiro atoms. The molecule has 1 aliphatic heterocycles. The van der Waals surface area contributed by atoms with Crippen LogP contribution in [0.25, 0.3) is 0 Å². The lowest BCUT2D eigenvalue weighted by Gasteiger charge is -2.25. The fraction of sp³-hybridized carbons (Fsp3) is 0.750. The molecule has 1 aliphatic rings. The van der Waals surface area contributed by atoms with Crippen molar-refractivity contribution < 1.29 is 19.5 Å². The highest BCUT2D eigenvalue weighted by atomic mass is 16.4. The van der Waals surface area contributed by atoms with E-state index in [0.29, 0.717) is 25.9 Å². The minimum atomic E-state index is -0.974. The van der Waals surface area contributed by atoms with E-state index in [9.17, 15) is 14.4 Å². The Morgan fingerprint density at radius 1 is 1.47 bits per heavy atom. The normalized spacial score (nSPS) is 21.8. The predicted molar refractivity (Wildman–Crippen MR) is 68.3 cm³/mol. The van der Waals surface area contributed by atoms with Crippen molar-refractivity contribution in [2.45, 2.75) is 26.7 Å². The number of rotatable bonds is 5. The zero-order valence-corrected chi connectivity index (χ0v) is 11.3. The average molecular weight is 271 g/mol. The number of carbonyl (C=O) groups excluding carboxylic acids is 2. The van der Waals surface area contributed by atoms with Gasteiger partial charge in [0, 0.05) is 19.6 Å². The highest BCUT2D eigenvalue weighted by Gasteiger charge is 2.34. The van der Waals surface area contributed by atoms with Gasteiger partial charge in [0.05, 0.1) is 11.3 Å². The fourth-order valence-electron chi connectivity index (χ4n) is 1.91. The van der Waals surface area contributed by atoms with Gasteiger partial charge in [-0.1, -0.05) is 6.92 Å². The van der Waals surface area contributed by atoms with Gasteiger partial charge in [0.25, 0.3) is 0 Å². The molecular weight excluding hydrogens is 250 g/mol. The Bertz CT molecular complexity index is 385. The molecule has 1 fully saturated rings. The molecule has 7 nitrogen and oxygen atoms in total. The molecule has 0 bridgehead atoms. The predicted octanol–water partition coefficient (Wildman–Crippen LogP) is 0.00410. The van der Waals surface area contributed by atoms with E-state index in [2.05, 4.69) is 5.32 Å². The largest absolute Gasteiger partial charge is 0.481 e. The van der Waals surface area contributed by atoms with Crippen molar-refractivity contribution in [3.8, 4) is 0 Å². The number of nitrogens with two attached hydrogens (primary N) is 1.